The average Bonchev–Trinajstić information content (AvgIpc) is 2.86. The maximum Gasteiger partial charge on any atom is 0.335 e. The van der Waals surface area contributed by atoms with Crippen LogP contribution in [0.1, 0.15) is 24.0 Å². The minimum absolute atomic E-state index is 0.0451. The molecule has 12 nitrogen and oxygen atoms in total. The number of ketones is 2. The Morgan fingerprint density at radius 1 is 0.868 bits per heavy atom. The number of carboxylic acids is 1. The van der Waals surface area contributed by atoms with Gasteiger partial charge in [0.2, 0.25) is 0 Å². The van der Waals surface area contributed by atoms with Gasteiger partial charge in [-0.15, -0.1) is 0 Å². The third-order valence-electron chi connectivity index (χ3n) is 6.43. The highest BCUT2D eigenvalue weighted by Gasteiger charge is 2.69. The van der Waals surface area contributed by atoms with Crippen molar-refractivity contribution in [2.24, 2.45) is 0 Å². The van der Waals surface area contributed by atoms with Gasteiger partial charge in [0.1, 0.15) is 0 Å². The van der Waals surface area contributed by atoms with E-state index >= 15 is 0 Å². The molecule has 1 saturated carbocycles. The lowest BCUT2D eigenvalue weighted by Crippen LogP contribution is -2.75. The molecule has 0 aliphatic heterocycles. The van der Waals surface area contributed by atoms with Crippen LogP contribution >= 0.6 is 0 Å². The highest BCUT2D eigenvalue weighted by Crippen LogP contribution is 2.45. The number of hydrogen-bond acceptors (Lipinski definition) is 11. The molecule has 0 radical (unpaired) electrons. The number of hydrogen-bond donors (Lipinski definition) is 8. The molecule has 0 bridgehead atoms. The predicted molar refractivity (Wildman–Crippen MR) is 130 cm³/mol. The van der Waals surface area contributed by atoms with Crippen molar-refractivity contribution in [1.82, 2.24) is 0 Å². The third-order valence-corrected chi connectivity index (χ3v) is 6.43. The first-order chi connectivity index (χ1) is 17.7. The van der Waals surface area contributed by atoms with Gasteiger partial charge in [0, 0.05) is 12.8 Å². The van der Waals surface area contributed by atoms with Crippen molar-refractivity contribution in [3.05, 3.63) is 59.7 Å². The summed E-state index contributed by atoms with van der Waals surface area (Å²) >= 11 is 0. The number of carbonyl (C=O) groups excluding carboxylic acids is 2. The number of carbonyl (C=O) groups is 3. The summed E-state index contributed by atoms with van der Waals surface area (Å²) in [6.45, 7) is 0. The van der Waals surface area contributed by atoms with E-state index in [4.69, 9.17) is 4.74 Å². The fourth-order valence-electron chi connectivity index (χ4n) is 4.23. The molecule has 1 fully saturated rings. The van der Waals surface area contributed by atoms with E-state index in [9.17, 15) is 55.2 Å². The minimum Gasteiger partial charge on any atom is -0.504 e. The summed E-state index contributed by atoms with van der Waals surface area (Å²) in [5.41, 5.74) is -9.06. The number of carboxylic acid groups (broad SMARTS) is 1. The Bertz CT molecular complexity index is 1330. The normalized spacial score (nSPS) is 27.4. The Morgan fingerprint density at radius 2 is 1.42 bits per heavy atom. The fraction of sp³-hybridized carbons (Fsp3) is 0.269. The number of benzene rings is 2. The molecule has 2 aromatic rings. The highest BCUT2D eigenvalue weighted by atomic mass is 16.5. The van der Waals surface area contributed by atoms with Crippen molar-refractivity contribution >= 4 is 29.7 Å². The van der Waals surface area contributed by atoms with E-state index in [1.165, 1.54) is 31.4 Å². The quantitative estimate of drug-likeness (QED) is 0.168. The van der Waals surface area contributed by atoms with Crippen molar-refractivity contribution in [3.8, 4) is 23.0 Å². The van der Waals surface area contributed by atoms with Crippen molar-refractivity contribution in [2.45, 2.75) is 35.7 Å². The Hall–Kier alpha value is -4.23. The number of aliphatic hydroxyl groups is 4. The molecule has 1 aliphatic rings. The second-order valence-corrected chi connectivity index (χ2v) is 8.93. The summed E-state index contributed by atoms with van der Waals surface area (Å²) < 4.78 is 4.97. The monoisotopic (exact) mass is 530 g/mol. The first kappa shape index (κ1) is 28.3. The van der Waals surface area contributed by atoms with Gasteiger partial charge >= 0.3 is 5.97 Å². The number of ether oxygens (including phenoxy) is 1. The molecule has 3 rings (SSSR count). The molecule has 202 valence electrons. The van der Waals surface area contributed by atoms with Gasteiger partial charge in [-0.2, -0.15) is 0 Å². The second kappa shape index (κ2) is 10.3. The van der Waals surface area contributed by atoms with Crippen LogP contribution in [0.4, 0.5) is 0 Å². The molecule has 12 heteroatoms. The van der Waals surface area contributed by atoms with Crippen LogP contribution in [0.5, 0.6) is 23.0 Å². The standard InChI is InChI=1S/C26H26O12/c1-38-19-11-15(3-7-17(19)28)4-8-20(30)25(36)13-24(35,23(33)34)12-22(32)26(25,37)21(31)9-5-14-2-6-16(27)18(29)10-14/h2-11,22,27-29,32,35-37H,12-13H2,1H3,(H,33,34)/b8-4+,9-5+/t22-,24?,25+,26?/m1/s1. The zero-order valence-electron chi connectivity index (χ0n) is 20.0. The average molecular weight is 530 g/mol. The molecule has 8 N–H and O–H groups in total. The molecule has 0 heterocycles. The molecule has 0 aromatic heterocycles. The Balaban J connectivity index is 2.04. The van der Waals surface area contributed by atoms with Gasteiger partial charge < -0.3 is 45.6 Å². The lowest BCUT2D eigenvalue weighted by Gasteiger charge is -2.50. The largest absolute Gasteiger partial charge is 0.504 e. The van der Waals surface area contributed by atoms with E-state index in [2.05, 4.69) is 0 Å². The summed E-state index contributed by atoms with van der Waals surface area (Å²) in [4.78, 5) is 38.1. The first-order valence-corrected chi connectivity index (χ1v) is 11.1. The maximum atomic E-state index is 13.2. The van der Waals surface area contributed by atoms with Gasteiger partial charge in [0.15, 0.2) is 51.4 Å². The second-order valence-electron chi connectivity index (χ2n) is 8.93. The number of methoxy groups -OCH3 is 1. The van der Waals surface area contributed by atoms with E-state index < -0.39 is 64.8 Å². The fourth-order valence-corrected chi connectivity index (χ4v) is 4.23. The number of rotatable bonds is 8. The summed E-state index contributed by atoms with van der Waals surface area (Å²) in [6.07, 6.45) is -1.27. The maximum absolute atomic E-state index is 13.2. The number of aliphatic carboxylic acids is 1. The van der Waals surface area contributed by atoms with Crippen LogP contribution in [0, 0.1) is 0 Å². The molecule has 0 amide bonds. The van der Waals surface area contributed by atoms with E-state index in [1.54, 1.807) is 0 Å². The molecule has 1 aliphatic carbocycles. The number of aliphatic hydroxyl groups excluding tert-OH is 1. The van der Waals surface area contributed by atoms with Crippen molar-refractivity contribution in [3.63, 3.8) is 0 Å². The molecule has 2 unspecified atom stereocenters. The molecular formula is C26H26O12. The van der Waals surface area contributed by atoms with Crippen LogP contribution < -0.4 is 4.74 Å². The van der Waals surface area contributed by atoms with Crippen LogP contribution in [0.3, 0.4) is 0 Å². The van der Waals surface area contributed by atoms with Crippen LogP contribution in [0.2, 0.25) is 0 Å². The zero-order chi connectivity index (χ0) is 28.5. The summed E-state index contributed by atoms with van der Waals surface area (Å²) in [6, 6.07) is 7.39. The summed E-state index contributed by atoms with van der Waals surface area (Å²) in [7, 11) is 1.28. The Morgan fingerprint density at radius 3 is 1.97 bits per heavy atom. The molecular weight excluding hydrogens is 504 g/mol. The lowest BCUT2D eigenvalue weighted by molar-refractivity contribution is -0.243. The third kappa shape index (κ3) is 4.97. The number of aromatic hydroxyl groups is 3. The van der Waals surface area contributed by atoms with Gasteiger partial charge in [-0.25, -0.2) is 4.79 Å². The highest BCUT2D eigenvalue weighted by molar-refractivity contribution is 6.11. The number of phenols is 3. The van der Waals surface area contributed by atoms with Crippen molar-refractivity contribution in [1.29, 1.82) is 0 Å². The SMILES string of the molecule is COc1cc(/C=C/C(=O)[C@@]2(O)CC(O)(C(=O)O)C[C@@H](O)C2(O)C(=O)/C=C/c2ccc(O)c(O)c2)ccc1O. The molecule has 2 aromatic carbocycles. The van der Waals surface area contributed by atoms with Gasteiger partial charge in [-0.3, -0.25) is 9.59 Å². The van der Waals surface area contributed by atoms with E-state index in [0.29, 0.717) is 12.2 Å². The van der Waals surface area contributed by atoms with Gasteiger partial charge in [0.25, 0.3) is 0 Å². The minimum atomic E-state index is -3.31. The lowest BCUT2D eigenvalue weighted by atomic mass is 9.60. The first-order valence-electron chi connectivity index (χ1n) is 11.1. The van der Waals surface area contributed by atoms with Crippen LogP contribution in [-0.2, 0) is 14.4 Å². The van der Waals surface area contributed by atoms with Crippen LogP contribution in [0.15, 0.2) is 48.6 Å². The topological polar surface area (TPSA) is 222 Å². The number of phenolic OH excluding ortho intramolecular Hbond substituents is 3. The summed E-state index contributed by atoms with van der Waals surface area (Å²) in [5, 5.41) is 82.1. The van der Waals surface area contributed by atoms with Gasteiger partial charge in [0.05, 0.1) is 13.2 Å². The van der Waals surface area contributed by atoms with Crippen molar-refractivity contribution in [2.75, 3.05) is 7.11 Å². The van der Waals surface area contributed by atoms with Gasteiger partial charge in [-0.05, 0) is 47.5 Å². The summed E-state index contributed by atoms with van der Waals surface area (Å²) in [5.74, 6) is -5.84. The molecule has 0 saturated heterocycles. The van der Waals surface area contributed by atoms with E-state index in [1.807, 2.05) is 0 Å². The van der Waals surface area contributed by atoms with Crippen LogP contribution in [-0.4, -0.2) is 88.4 Å². The zero-order valence-corrected chi connectivity index (χ0v) is 20.0. The van der Waals surface area contributed by atoms with Crippen LogP contribution in [0.25, 0.3) is 12.2 Å². The van der Waals surface area contributed by atoms with Crippen molar-refractivity contribution < 1.29 is 60.0 Å². The van der Waals surface area contributed by atoms with E-state index in [0.717, 1.165) is 24.3 Å². The molecule has 38 heavy (non-hydrogen) atoms. The Labute approximate surface area is 215 Å². The smallest absolute Gasteiger partial charge is 0.335 e. The van der Waals surface area contributed by atoms with E-state index in [-0.39, 0.29) is 22.6 Å². The molecule has 4 atom stereocenters. The van der Waals surface area contributed by atoms with Gasteiger partial charge in [-0.1, -0.05) is 24.3 Å². The Kier molecular flexibility index (Phi) is 7.65. The molecule has 0 spiro atoms. The predicted octanol–water partition coefficient (Wildman–Crippen LogP) is 0.109.